The number of benzene rings is 5. The molecule has 0 radical (unpaired) electrons. The summed E-state index contributed by atoms with van der Waals surface area (Å²) in [6.07, 6.45) is 0. The second kappa shape index (κ2) is 10.9. The van der Waals surface area contributed by atoms with Crippen LogP contribution < -0.4 is 0 Å². The first-order chi connectivity index (χ1) is 20.8. The van der Waals surface area contributed by atoms with E-state index < -0.39 is 0 Å². The zero-order chi connectivity index (χ0) is 28.3. The van der Waals surface area contributed by atoms with Crippen molar-refractivity contribution in [3.63, 3.8) is 0 Å². The normalized spacial score (nSPS) is 10.8. The summed E-state index contributed by atoms with van der Waals surface area (Å²) < 4.78 is 0. The van der Waals surface area contributed by atoms with E-state index in [2.05, 4.69) is 47.5 Å². The van der Waals surface area contributed by atoms with Gasteiger partial charge in [-0.2, -0.15) is 5.26 Å². The van der Waals surface area contributed by atoms with E-state index in [0.717, 1.165) is 49.8 Å². The molecule has 2 heterocycles. The van der Waals surface area contributed by atoms with Crippen molar-refractivity contribution < 1.29 is 0 Å². The maximum atomic E-state index is 9.37. The molecule has 0 fully saturated rings. The standard InChI is InChI=1S/C37H23N5/c38-24-29-17-10-20-34(39-29)33-22-21-30(31-18-7-8-19-32(31)33)27-15-9-16-28(23-27)37-41-35(25-11-3-1-4-12-25)40-36(42-37)26-13-5-2-6-14-26/h1-23H. The van der Waals surface area contributed by atoms with Gasteiger partial charge in [-0.1, -0.05) is 121 Å². The molecule has 0 aliphatic heterocycles. The Hall–Kier alpha value is -5.99. The number of aromatic nitrogens is 4. The van der Waals surface area contributed by atoms with Crippen LogP contribution in [0, 0.1) is 11.3 Å². The van der Waals surface area contributed by atoms with Gasteiger partial charge in [0.05, 0.1) is 5.69 Å². The lowest BCUT2D eigenvalue weighted by molar-refractivity contribution is 1.07. The van der Waals surface area contributed by atoms with Gasteiger partial charge in [0.2, 0.25) is 0 Å². The first-order valence-corrected chi connectivity index (χ1v) is 13.6. The summed E-state index contributed by atoms with van der Waals surface area (Å²) in [4.78, 5) is 19.2. The monoisotopic (exact) mass is 537 g/mol. The number of hydrogen-bond acceptors (Lipinski definition) is 5. The lowest BCUT2D eigenvalue weighted by Crippen LogP contribution is -2.00. The summed E-state index contributed by atoms with van der Waals surface area (Å²) in [6, 6.07) is 48.5. The van der Waals surface area contributed by atoms with Gasteiger partial charge in [0.1, 0.15) is 11.8 Å². The molecule has 7 aromatic rings. The second-order valence-corrected chi connectivity index (χ2v) is 9.85. The van der Waals surface area contributed by atoms with E-state index in [1.807, 2.05) is 97.1 Å². The van der Waals surface area contributed by atoms with E-state index in [1.165, 1.54) is 0 Å². The average Bonchev–Trinajstić information content (AvgIpc) is 3.08. The van der Waals surface area contributed by atoms with Gasteiger partial charge in [-0.3, -0.25) is 0 Å². The zero-order valence-corrected chi connectivity index (χ0v) is 22.5. The second-order valence-electron chi connectivity index (χ2n) is 9.85. The number of nitrogens with zero attached hydrogens (tertiary/aromatic N) is 5. The lowest BCUT2D eigenvalue weighted by Gasteiger charge is -2.13. The van der Waals surface area contributed by atoms with Crippen LogP contribution in [0.2, 0.25) is 0 Å². The Morgan fingerprint density at radius 2 is 0.905 bits per heavy atom. The maximum absolute atomic E-state index is 9.37. The van der Waals surface area contributed by atoms with Crippen LogP contribution in [0.25, 0.3) is 67.3 Å². The molecular weight excluding hydrogens is 514 g/mol. The third-order valence-electron chi connectivity index (χ3n) is 7.19. The quantitative estimate of drug-likeness (QED) is 0.220. The van der Waals surface area contributed by atoms with E-state index in [9.17, 15) is 5.26 Å². The molecular formula is C37H23N5. The molecule has 0 aliphatic rings. The summed E-state index contributed by atoms with van der Waals surface area (Å²) in [6.45, 7) is 0. The molecule has 42 heavy (non-hydrogen) atoms. The Bertz CT molecular complexity index is 2040. The first kappa shape index (κ1) is 25.0. The van der Waals surface area contributed by atoms with Crippen LogP contribution in [0.5, 0.6) is 0 Å². The molecule has 5 heteroatoms. The number of hydrogen-bond donors (Lipinski definition) is 0. The van der Waals surface area contributed by atoms with E-state index in [-0.39, 0.29) is 0 Å². The molecule has 196 valence electrons. The van der Waals surface area contributed by atoms with Crippen LogP contribution in [0.1, 0.15) is 5.69 Å². The van der Waals surface area contributed by atoms with Gasteiger partial charge < -0.3 is 0 Å². The van der Waals surface area contributed by atoms with E-state index >= 15 is 0 Å². The van der Waals surface area contributed by atoms with Crippen LogP contribution >= 0.6 is 0 Å². The molecule has 0 saturated heterocycles. The Morgan fingerprint density at radius 3 is 1.55 bits per heavy atom. The van der Waals surface area contributed by atoms with Crippen molar-refractivity contribution in [3.8, 4) is 62.6 Å². The highest BCUT2D eigenvalue weighted by atomic mass is 15.0. The molecule has 5 aromatic carbocycles. The van der Waals surface area contributed by atoms with Gasteiger partial charge >= 0.3 is 0 Å². The Kier molecular flexibility index (Phi) is 6.48. The fourth-order valence-electron chi connectivity index (χ4n) is 5.18. The molecule has 0 bridgehead atoms. The SMILES string of the molecule is N#Cc1cccc(-c2ccc(-c3cccc(-c4nc(-c5ccccc5)nc(-c5ccccc5)n4)c3)c3ccccc23)n1. The fourth-order valence-corrected chi connectivity index (χ4v) is 5.18. The Morgan fingerprint density at radius 1 is 0.405 bits per heavy atom. The minimum absolute atomic E-state index is 0.399. The van der Waals surface area contributed by atoms with Crippen LogP contribution in [0.4, 0.5) is 0 Å². The summed E-state index contributed by atoms with van der Waals surface area (Å²) in [5, 5.41) is 11.5. The third kappa shape index (κ3) is 4.78. The summed E-state index contributed by atoms with van der Waals surface area (Å²) in [5.41, 5.74) is 7.08. The summed E-state index contributed by atoms with van der Waals surface area (Å²) >= 11 is 0. The van der Waals surface area contributed by atoms with Crippen LogP contribution in [0.15, 0.2) is 140 Å². The first-order valence-electron chi connectivity index (χ1n) is 13.6. The molecule has 0 spiro atoms. The topological polar surface area (TPSA) is 75.3 Å². The Balaban J connectivity index is 1.37. The summed E-state index contributed by atoms with van der Waals surface area (Å²) in [7, 11) is 0. The largest absolute Gasteiger partial charge is 0.237 e. The van der Waals surface area contributed by atoms with Crippen molar-refractivity contribution in [2.45, 2.75) is 0 Å². The molecule has 0 N–H and O–H groups in total. The number of pyridine rings is 1. The van der Waals surface area contributed by atoms with E-state index in [1.54, 1.807) is 6.07 Å². The zero-order valence-electron chi connectivity index (χ0n) is 22.5. The molecule has 0 atom stereocenters. The molecule has 0 aliphatic carbocycles. The fraction of sp³-hybridized carbons (Fsp3) is 0. The highest BCUT2D eigenvalue weighted by Crippen LogP contribution is 2.36. The van der Waals surface area contributed by atoms with Gasteiger partial charge in [-0.15, -0.1) is 0 Å². The molecule has 0 saturated carbocycles. The van der Waals surface area contributed by atoms with Gasteiger partial charge in [0.15, 0.2) is 17.5 Å². The highest BCUT2D eigenvalue weighted by molar-refractivity contribution is 6.04. The van der Waals surface area contributed by atoms with Crippen molar-refractivity contribution in [1.29, 1.82) is 5.26 Å². The molecule has 5 nitrogen and oxygen atoms in total. The van der Waals surface area contributed by atoms with Crippen LogP contribution in [-0.4, -0.2) is 19.9 Å². The van der Waals surface area contributed by atoms with Gasteiger partial charge in [0, 0.05) is 22.3 Å². The van der Waals surface area contributed by atoms with Crippen LogP contribution in [-0.2, 0) is 0 Å². The van der Waals surface area contributed by atoms with Crippen molar-refractivity contribution in [2.75, 3.05) is 0 Å². The number of nitriles is 1. The Labute approximate surface area is 243 Å². The number of fused-ring (bicyclic) bond motifs is 1. The van der Waals surface area contributed by atoms with Gasteiger partial charge in [-0.05, 0) is 40.1 Å². The maximum Gasteiger partial charge on any atom is 0.164 e. The van der Waals surface area contributed by atoms with Gasteiger partial charge in [0.25, 0.3) is 0 Å². The predicted octanol–water partition coefficient (Wildman–Crippen LogP) is 8.63. The minimum Gasteiger partial charge on any atom is -0.237 e. The number of rotatable bonds is 5. The van der Waals surface area contributed by atoms with Crippen molar-refractivity contribution in [2.24, 2.45) is 0 Å². The van der Waals surface area contributed by atoms with Crippen molar-refractivity contribution in [3.05, 3.63) is 145 Å². The lowest BCUT2D eigenvalue weighted by atomic mass is 9.93. The smallest absolute Gasteiger partial charge is 0.164 e. The van der Waals surface area contributed by atoms with Gasteiger partial charge in [-0.25, -0.2) is 19.9 Å². The van der Waals surface area contributed by atoms with Crippen molar-refractivity contribution >= 4 is 10.8 Å². The average molecular weight is 538 g/mol. The highest BCUT2D eigenvalue weighted by Gasteiger charge is 2.15. The summed E-state index contributed by atoms with van der Waals surface area (Å²) in [5.74, 6) is 1.88. The molecule has 2 aromatic heterocycles. The van der Waals surface area contributed by atoms with E-state index in [0.29, 0.717) is 23.2 Å². The van der Waals surface area contributed by atoms with E-state index in [4.69, 9.17) is 15.0 Å². The van der Waals surface area contributed by atoms with Crippen molar-refractivity contribution in [1.82, 2.24) is 19.9 Å². The van der Waals surface area contributed by atoms with Crippen LogP contribution in [0.3, 0.4) is 0 Å². The molecule has 7 rings (SSSR count). The third-order valence-corrected chi connectivity index (χ3v) is 7.19. The predicted molar refractivity (Wildman–Crippen MR) is 167 cm³/mol. The molecule has 0 unspecified atom stereocenters. The molecule has 0 amide bonds. The minimum atomic E-state index is 0.399.